The molecule has 1 aromatic carbocycles. The van der Waals surface area contributed by atoms with Crippen LogP contribution in [0.1, 0.15) is 23.2 Å². The van der Waals surface area contributed by atoms with Crippen molar-refractivity contribution in [2.75, 3.05) is 5.32 Å². The summed E-state index contributed by atoms with van der Waals surface area (Å²) in [5.74, 6) is -0.0400. The lowest BCUT2D eigenvalue weighted by molar-refractivity contribution is -0.116. The number of benzene rings is 1. The first kappa shape index (κ1) is 14.0. The lowest BCUT2D eigenvalue weighted by Crippen LogP contribution is -2.13. The SMILES string of the molecule is Cc1cc(C)c(NC(=O)CCc2cscn2)c(Cl)c1. The van der Waals surface area contributed by atoms with E-state index in [2.05, 4.69) is 10.3 Å². The van der Waals surface area contributed by atoms with Gasteiger partial charge in [-0.1, -0.05) is 17.7 Å². The van der Waals surface area contributed by atoms with Crippen molar-refractivity contribution < 1.29 is 4.79 Å². The highest BCUT2D eigenvalue weighted by Gasteiger charge is 2.10. The van der Waals surface area contributed by atoms with Crippen LogP contribution >= 0.6 is 22.9 Å². The van der Waals surface area contributed by atoms with Gasteiger partial charge in [0.25, 0.3) is 0 Å². The van der Waals surface area contributed by atoms with Gasteiger partial charge >= 0.3 is 0 Å². The van der Waals surface area contributed by atoms with Gasteiger partial charge in [0.05, 0.1) is 21.9 Å². The van der Waals surface area contributed by atoms with E-state index in [4.69, 9.17) is 11.6 Å². The minimum absolute atomic E-state index is 0.0400. The van der Waals surface area contributed by atoms with Gasteiger partial charge in [-0.2, -0.15) is 0 Å². The van der Waals surface area contributed by atoms with Crippen LogP contribution in [0.3, 0.4) is 0 Å². The fourth-order valence-electron chi connectivity index (χ4n) is 1.88. The van der Waals surface area contributed by atoms with E-state index in [0.717, 1.165) is 16.8 Å². The average molecular weight is 295 g/mol. The molecule has 0 saturated carbocycles. The van der Waals surface area contributed by atoms with Crippen LogP contribution in [0, 0.1) is 13.8 Å². The lowest BCUT2D eigenvalue weighted by Gasteiger charge is -2.11. The molecule has 0 unspecified atom stereocenters. The summed E-state index contributed by atoms with van der Waals surface area (Å²) in [4.78, 5) is 16.1. The number of thiazole rings is 1. The van der Waals surface area contributed by atoms with Gasteiger partial charge < -0.3 is 5.32 Å². The second kappa shape index (κ2) is 6.17. The summed E-state index contributed by atoms with van der Waals surface area (Å²) in [6, 6.07) is 3.85. The first-order valence-corrected chi connectivity index (χ1v) is 7.32. The van der Waals surface area contributed by atoms with Crippen LogP contribution in [0.5, 0.6) is 0 Å². The second-order valence-corrected chi connectivity index (χ2v) is 5.59. The zero-order chi connectivity index (χ0) is 13.8. The van der Waals surface area contributed by atoms with Crippen LogP contribution in [-0.4, -0.2) is 10.9 Å². The molecule has 19 heavy (non-hydrogen) atoms. The van der Waals surface area contributed by atoms with Crippen molar-refractivity contribution in [2.24, 2.45) is 0 Å². The molecular formula is C14H15ClN2OS. The van der Waals surface area contributed by atoms with E-state index in [1.165, 1.54) is 11.3 Å². The van der Waals surface area contributed by atoms with Crippen LogP contribution < -0.4 is 5.32 Å². The third kappa shape index (κ3) is 3.78. The van der Waals surface area contributed by atoms with E-state index in [9.17, 15) is 4.79 Å². The number of aromatic nitrogens is 1. The maximum absolute atomic E-state index is 11.9. The van der Waals surface area contributed by atoms with Crippen molar-refractivity contribution in [3.05, 3.63) is 44.9 Å². The van der Waals surface area contributed by atoms with E-state index in [1.807, 2.05) is 31.4 Å². The minimum atomic E-state index is -0.0400. The topological polar surface area (TPSA) is 42.0 Å². The highest BCUT2D eigenvalue weighted by molar-refractivity contribution is 7.07. The highest BCUT2D eigenvalue weighted by Crippen LogP contribution is 2.27. The molecule has 5 heteroatoms. The van der Waals surface area contributed by atoms with Crippen LogP contribution in [0.25, 0.3) is 0 Å². The van der Waals surface area contributed by atoms with Crippen molar-refractivity contribution in [3.63, 3.8) is 0 Å². The van der Waals surface area contributed by atoms with E-state index >= 15 is 0 Å². The Morgan fingerprint density at radius 1 is 1.42 bits per heavy atom. The zero-order valence-electron chi connectivity index (χ0n) is 10.9. The van der Waals surface area contributed by atoms with Crippen LogP contribution in [0.4, 0.5) is 5.69 Å². The molecule has 2 rings (SSSR count). The van der Waals surface area contributed by atoms with Crippen molar-refractivity contribution >= 4 is 34.5 Å². The molecular weight excluding hydrogens is 280 g/mol. The Kier molecular flexibility index (Phi) is 4.56. The molecule has 0 spiro atoms. The van der Waals surface area contributed by atoms with Crippen molar-refractivity contribution in [2.45, 2.75) is 26.7 Å². The summed E-state index contributed by atoms with van der Waals surface area (Å²) in [6.45, 7) is 3.92. The van der Waals surface area contributed by atoms with Gasteiger partial charge in [-0.25, -0.2) is 4.98 Å². The van der Waals surface area contributed by atoms with Gasteiger partial charge in [0.15, 0.2) is 0 Å². The number of anilines is 1. The Balaban J connectivity index is 1.99. The quantitative estimate of drug-likeness (QED) is 0.926. The van der Waals surface area contributed by atoms with E-state index < -0.39 is 0 Å². The summed E-state index contributed by atoms with van der Waals surface area (Å²) >= 11 is 7.69. The van der Waals surface area contributed by atoms with Gasteiger partial charge in [-0.05, 0) is 37.5 Å². The molecule has 0 radical (unpaired) electrons. The number of aryl methyl sites for hydroxylation is 3. The van der Waals surface area contributed by atoms with Crippen molar-refractivity contribution in [1.29, 1.82) is 0 Å². The second-order valence-electron chi connectivity index (χ2n) is 4.47. The van der Waals surface area contributed by atoms with E-state index in [0.29, 0.717) is 23.6 Å². The third-order valence-electron chi connectivity index (χ3n) is 2.79. The van der Waals surface area contributed by atoms with Crippen LogP contribution in [0.2, 0.25) is 5.02 Å². The average Bonchev–Trinajstić information content (AvgIpc) is 2.84. The number of rotatable bonds is 4. The standard InChI is InChI=1S/C14H15ClN2OS/c1-9-5-10(2)14(12(15)6-9)17-13(18)4-3-11-7-19-8-16-11/h5-8H,3-4H2,1-2H3,(H,17,18). The first-order chi connectivity index (χ1) is 9.06. The molecule has 0 bridgehead atoms. The van der Waals surface area contributed by atoms with Gasteiger partial charge in [0, 0.05) is 11.8 Å². The van der Waals surface area contributed by atoms with Gasteiger partial charge in [-0.15, -0.1) is 11.3 Å². The predicted octanol–water partition coefficient (Wildman–Crippen LogP) is 3.98. The van der Waals surface area contributed by atoms with Crippen LogP contribution in [-0.2, 0) is 11.2 Å². The molecule has 0 atom stereocenters. The monoisotopic (exact) mass is 294 g/mol. The number of carbonyl (C=O) groups excluding carboxylic acids is 1. The Labute approximate surface area is 121 Å². The Bertz CT molecular complexity index is 558. The van der Waals surface area contributed by atoms with Crippen molar-refractivity contribution in [1.82, 2.24) is 4.98 Å². The van der Waals surface area contributed by atoms with Gasteiger partial charge in [-0.3, -0.25) is 4.79 Å². The fourth-order valence-corrected chi connectivity index (χ4v) is 2.84. The molecule has 1 N–H and O–H groups in total. The number of halogens is 1. The largest absolute Gasteiger partial charge is 0.325 e. The lowest BCUT2D eigenvalue weighted by atomic mass is 10.1. The smallest absolute Gasteiger partial charge is 0.224 e. The molecule has 0 aliphatic heterocycles. The van der Waals surface area contributed by atoms with Crippen LogP contribution in [0.15, 0.2) is 23.0 Å². The minimum Gasteiger partial charge on any atom is -0.325 e. The molecule has 100 valence electrons. The maximum Gasteiger partial charge on any atom is 0.224 e. The molecule has 1 amide bonds. The summed E-state index contributed by atoms with van der Waals surface area (Å²) < 4.78 is 0. The van der Waals surface area contributed by atoms with Gasteiger partial charge in [0.2, 0.25) is 5.91 Å². The summed E-state index contributed by atoms with van der Waals surface area (Å²) in [5.41, 5.74) is 5.49. The summed E-state index contributed by atoms with van der Waals surface area (Å²) in [6.07, 6.45) is 1.06. The molecule has 0 aliphatic carbocycles. The first-order valence-electron chi connectivity index (χ1n) is 6.00. The number of nitrogens with one attached hydrogen (secondary N) is 1. The number of hydrogen-bond acceptors (Lipinski definition) is 3. The summed E-state index contributed by atoms with van der Waals surface area (Å²) in [5, 5.41) is 5.41. The Morgan fingerprint density at radius 3 is 2.84 bits per heavy atom. The molecule has 0 aliphatic rings. The maximum atomic E-state index is 11.9. The fraction of sp³-hybridized carbons (Fsp3) is 0.286. The number of carbonyl (C=O) groups is 1. The van der Waals surface area contributed by atoms with E-state index in [1.54, 1.807) is 5.51 Å². The Morgan fingerprint density at radius 2 is 2.21 bits per heavy atom. The molecule has 2 aromatic rings. The third-order valence-corrected chi connectivity index (χ3v) is 3.72. The number of amides is 1. The number of hydrogen-bond donors (Lipinski definition) is 1. The highest BCUT2D eigenvalue weighted by atomic mass is 35.5. The Hall–Kier alpha value is -1.39. The van der Waals surface area contributed by atoms with E-state index in [-0.39, 0.29) is 5.91 Å². The number of nitrogens with zero attached hydrogens (tertiary/aromatic N) is 1. The molecule has 0 saturated heterocycles. The van der Waals surface area contributed by atoms with Crippen molar-refractivity contribution in [3.8, 4) is 0 Å². The summed E-state index contributed by atoms with van der Waals surface area (Å²) in [7, 11) is 0. The predicted molar refractivity (Wildman–Crippen MR) is 80.0 cm³/mol. The molecule has 1 aromatic heterocycles. The molecule has 0 fully saturated rings. The molecule has 3 nitrogen and oxygen atoms in total. The molecule has 1 heterocycles. The normalized spacial score (nSPS) is 10.5. The zero-order valence-corrected chi connectivity index (χ0v) is 12.4. The van der Waals surface area contributed by atoms with Gasteiger partial charge in [0.1, 0.15) is 0 Å².